The number of hydrogen-bond donors (Lipinski definition) is 0. The standard InChI is InChI=1S/C21H38N2S2/c1-15-7-17(11-20(3,4)9-15)22-13-23(19(24)25-14-22)18-8-16(2)10-21(5,6)12-18/h15-18H,7-14H2,1-6H3/t15-,16-,17+,18+/m1/s1. The van der Waals surface area contributed by atoms with E-state index in [0.29, 0.717) is 16.9 Å². The minimum atomic E-state index is 0.451. The molecule has 1 saturated heterocycles. The van der Waals surface area contributed by atoms with Crippen molar-refractivity contribution in [3.05, 3.63) is 0 Å². The second-order valence-corrected chi connectivity index (χ2v) is 12.5. The first-order valence-electron chi connectivity index (χ1n) is 10.2. The summed E-state index contributed by atoms with van der Waals surface area (Å²) in [5.41, 5.74) is 0.934. The Hall–Kier alpha value is 0.200. The van der Waals surface area contributed by atoms with E-state index in [2.05, 4.69) is 51.3 Å². The Balaban J connectivity index is 1.70. The van der Waals surface area contributed by atoms with Crippen LogP contribution in [-0.2, 0) is 0 Å². The molecule has 0 N–H and O–H groups in total. The first kappa shape index (κ1) is 19.9. The highest BCUT2D eigenvalue weighted by molar-refractivity contribution is 8.22. The molecule has 1 heterocycles. The van der Waals surface area contributed by atoms with Crippen molar-refractivity contribution in [2.45, 2.75) is 92.2 Å². The second-order valence-electron chi connectivity index (χ2n) is 10.9. The molecule has 0 amide bonds. The summed E-state index contributed by atoms with van der Waals surface area (Å²) < 4.78 is 1.15. The normalized spacial score (nSPS) is 39.4. The van der Waals surface area contributed by atoms with Crippen LogP contribution in [0, 0.1) is 22.7 Å². The third kappa shape index (κ3) is 4.93. The SMILES string of the molecule is C[C@@H]1C[C@H](N2CSC(=S)N([C@H]3C[C@@H](C)CC(C)(C)C3)C2)CC(C)(C)C1. The van der Waals surface area contributed by atoms with E-state index in [9.17, 15) is 0 Å². The summed E-state index contributed by atoms with van der Waals surface area (Å²) >= 11 is 7.71. The number of thiocarbonyl (C=S) groups is 1. The molecule has 3 rings (SSSR count). The summed E-state index contributed by atoms with van der Waals surface area (Å²) in [6.07, 6.45) is 8.03. The largest absolute Gasteiger partial charge is 0.341 e. The zero-order valence-corrected chi connectivity index (χ0v) is 18.8. The van der Waals surface area contributed by atoms with Gasteiger partial charge >= 0.3 is 0 Å². The van der Waals surface area contributed by atoms with Crippen LogP contribution >= 0.6 is 24.0 Å². The van der Waals surface area contributed by atoms with E-state index in [1.807, 2.05) is 11.8 Å². The zero-order chi connectivity index (χ0) is 18.4. The van der Waals surface area contributed by atoms with Gasteiger partial charge in [-0.3, -0.25) is 4.90 Å². The van der Waals surface area contributed by atoms with E-state index in [4.69, 9.17) is 12.2 Å². The number of thioether (sulfide) groups is 1. The summed E-state index contributed by atoms with van der Waals surface area (Å²) in [5, 5.41) is 0. The molecule has 0 bridgehead atoms. The Bertz CT molecular complexity index is 502. The van der Waals surface area contributed by atoms with Crippen molar-refractivity contribution in [3.8, 4) is 0 Å². The summed E-state index contributed by atoms with van der Waals surface area (Å²) in [4.78, 5) is 5.33. The number of rotatable bonds is 2. The minimum absolute atomic E-state index is 0.451. The zero-order valence-electron chi connectivity index (χ0n) is 17.2. The van der Waals surface area contributed by atoms with Crippen LogP contribution < -0.4 is 0 Å². The van der Waals surface area contributed by atoms with Gasteiger partial charge in [0.2, 0.25) is 0 Å². The molecule has 1 aliphatic heterocycles. The number of nitrogens with zero attached hydrogens (tertiary/aromatic N) is 2. The fourth-order valence-corrected chi connectivity index (χ4v) is 7.41. The Morgan fingerprint density at radius 3 is 1.96 bits per heavy atom. The lowest BCUT2D eigenvalue weighted by molar-refractivity contribution is 0.0281. The van der Waals surface area contributed by atoms with Crippen LogP contribution in [0.2, 0.25) is 0 Å². The molecular formula is C21H38N2S2. The molecular weight excluding hydrogens is 344 g/mol. The molecule has 2 saturated carbocycles. The highest BCUT2D eigenvalue weighted by Crippen LogP contribution is 2.44. The van der Waals surface area contributed by atoms with Crippen LogP contribution in [0.5, 0.6) is 0 Å². The number of hydrogen-bond acceptors (Lipinski definition) is 3. The molecule has 0 unspecified atom stereocenters. The predicted octanol–water partition coefficient (Wildman–Crippen LogP) is 5.97. The van der Waals surface area contributed by atoms with Gasteiger partial charge in [-0.2, -0.15) is 0 Å². The Morgan fingerprint density at radius 1 is 0.880 bits per heavy atom. The van der Waals surface area contributed by atoms with Crippen LogP contribution in [0.3, 0.4) is 0 Å². The molecule has 3 fully saturated rings. The van der Waals surface area contributed by atoms with Crippen LogP contribution in [0.1, 0.15) is 80.1 Å². The van der Waals surface area contributed by atoms with Crippen molar-refractivity contribution in [1.82, 2.24) is 9.80 Å². The fraction of sp³-hybridized carbons (Fsp3) is 0.952. The van der Waals surface area contributed by atoms with Gasteiger partial charge in [-0.15, -0.1) is 0 Å². The van der Waals surface area contributed by atoms with Gasteiger partial charge in [-0.25, -0.2) is 0 Å². The van der Waals surface area contributed by atoms with Crippen molar-refractivity contribution >= 4 is 28.3 Å². The van der Waals surface area contributed by atoms with E-state index in [1.165, 1.54) is 38.5 Å². The Kier molecular flexibility index (Phi) is 5.84. The van der Waals surface area contributed by atoms with Gasteiger partial charge in [0.25, 0.3) is 0 Å². The van der Waals surface area contributed by atoms with Gasteiger partial charge in [0.1, 0.15) is 4.32 Å². The molecule has 4 heteroatoms. The van der Waals surface area contributed by atoms with Crippen molar-refractivity contribution in [1.29, 1.82) is 0 Å². The fourth-order valence-electron chi connectivity index (χ4n) is 6.11. The molecule has 0 radical (unpaired) electrons. The maximum absolute atomic E-state index is 5.81. The molecule has 2 aliphatic carbocycles. The Morgan fingerprint density at radius 2 is 1.40 bits per heavy atom. The van der Waals surface area contributed by atoms with E-state index >= 15 is 0 Å². The maximum atomic E-state index is 5.81. The van der Waals surface area contributed by atoms with E-state index < -0.39 is 0 Å². The molecule has 4 atom stereocenters. The van der Waals surface area contributed by atoms with Crippen LogP contribution in [-0.4, -0.2) is 38.7 Å². The van der Waals surface area contributed by atoms with Gasteiger partial charge in [-0.1, -0.05) is 65.5 Å². The van der Waals surface area contributed by atoms with E-state index in [0.717, 1.165) is 34.7 Å². The van der Waals surface area contributed by atoms with Crippen molar-refractivity contribution in [2.24, 2.45) is 22.7 Å². The molecule has 25 heavy (non-hydrogen) atoms. The van der Waals surface area contributed by atoms with Gasteiger partial charge < -0.3 is 4.90 Å². The van der Waals surface area contributed by atoms with E-state index in [-0.39, 0.29) is 0 Å². The lowest BCUT2D eigenvalue weighted by Crippen LogP contribution is -2.56. The maximum Gasteiger partial charge on any atom is 0.138 e. The predicted molar refractivity (Wildman–Crippen MR) is 115 cm³/mol. The van der Waals surface area contributed by atoms with E-state index in [1.54, 1.807) is 0 Å². The van der Waals surface area contributed by atoms with Crippen LogP contribution in [0.25, 0.3) is 0 Å². The van der Waals surface area contributed by atoms with Crippen LogP contribution in [0.4, 0.5) is 0 Å². The lowest BCUT2D eigenvalue weighted by Gasteiger charge is -2.51. The minimum Gasteiger partial charge on any atom is -0.341 e. The second kappa shape index (κ2) is 7.31. The average molecular weight is 383 g/mol. The average Bonchev–Trinajstić information content (AvgIpc) is 2.43. The summed E-state index contributed by atoms with van der Waals surface area (Å²) in [5.74, 6) is 2.74. The molecule has 2 nitrogen and oxygen atoms in total. The van der Waals surface area contributed by atoms with Crippen LogP contribution in [0.15, 0.2) is 0 Å². The van der Waals surface area contributed by atoms with Crippen molar-refractivity contribution in [2.75, 3.05) is 12.5 Å². The van der Waals surface area contributed by atoms with Gasteiger partial charge in [0.15, 0.2) is 0 Å². The molecule has 0 aromatic rings. The Labute approximate surface area is 165 Å². The highest BCUT2D eigenvalue weighted by Gasteiger charge is 2.41. The summed E-state index contributed by atoms with van der Waals surface area (Å²) in [6, 6.07) is 1.36. The molecule has 0 spiro atoms. The van der Waals surface area contributed by atoms with Crippen molar-refractivity contribution < 1.29 is 0 Å². The quantitative estimate of drug-likeness (QED) is 0.543. The molecule has 144 valence electrons. The first-order chi connectivity index (χ1) is 11.5. The van der Waals surface area contributed by atoms with Crippen molar-refractivity contribution in [3.63, 3.8) is 0 Å². The summed E-state index contributed by atoms with van der Waals surface area (Å²) in [6.45, 7) is 15.7. The first-order valence-corrected chi connectivity index (χ1v) is 11.6. The topological polar surface area (TPSA) is 6.48 Å². The molecule has 0 aromatic carbocycles. The van der Waals surface area contributed by atoms with Gasteiger partial charge in [0.05, 0.1) is 12.5 Å². The third-order valence-electron chi connectivity index (χ3n) is 6.61. The summed E-state index contributed by atoms with van der Waals surface area (Å²) in [7, 11) is 0. The lowest BCUT2D eigenvalue weighted by atomic mass is 9.70. The monoisotopic (exact) mass is 382 g/mol. The molecule has 3 aliphatic rings. The smallest absolute Gasteiger partial charge is 0.138 e. The highest BCUT2D eigenvalue weighted by atomic mass is 32.2. The third-order valence-corrected chi connectivity index (χ3v) is 8.14. The van der Waals surface area contributed by atoms with Gasteiger partial charge in [0, 0.05) is 12.1 Å². The van der Waals surface area contributed by atoms with Gasteiger partial charge in [-0.05, 0) is 61.2 Å². The molecule has 0 aromatic heterocycles.